The Hall–Kier alpha value is -2.80. The van der Waals surface area contributed by atoms with Gasteiger partial charge in [0.05, 0.1) is 5.69 Å². The van der Waals surface area contributed by atoms with Crippen molar-refractivity contribution >= 4 is 34.7 Å². The average molecular weight is 365 g/mol. The van der Waals surface area contributed by atoms with Crippen LogP contribution in [0.5, 0.6) is 0 Å². The molecule has 1 heterocycles. The van der Waals surface area contributed by atoms with Crippen LogP contribution < -0.4 is 10.6 Å². The van der Waals surface area contributed by atoms with E-state index in [2.05, 4.69) is 20.6 Å². The van der Waals surface area contributed by atoms with Gasteiger partial charge < -0.3 is 10.6 Å². The molecule has 1 aromatic heterocycles. The van der Waals surface area contributed by atoms with Crippen molar-refractivity contribution < 1.29 is 13.2 Å². The third-order valence-electron chi connectivity index (χ3n) is 3.23. The minimum absolute atomic E-state index is 0.0365. The zero-order valence-electron chi connectivity index (χ0n) is 12.9. The van der Waals surface area contributed by atoms with Crippen molar-refractivity contribution in [3.8, 4) is 0 Å². The van der Waals surface area contributed by atoms with E-state index in [1.54, 1.807) is 37.3 Å². The number of nitrogens with one attached hydrogen (secondary N) is 2. The van der Waals surface area contributed by atoms with Crippen LogP contribution in [0.4, 0.5) is 36.3 Å². The van der Waals surface area contributed by atoms with Gasteiger partial charge in [-0.15, -0.1) is 0 Å². The van der Waals surface area contributed by atoms with Crippen molar-refractivity contribution in [2.24, 2.45) is 0 Å². The number of hydrogen-bond donors (Lipinski definition) is 2. The fourth-order valence-electron chi connectivity index (χ4n) is 2.15. The Labute approximate surface area is 146 Å². The van der Waals surface area contributed by atoms with Crippen LogP contribution in [0.1, 0.15) is 5.69 Å². The molecule has 25 heavy (non-hydrogen) atoms. The first-order valence-corrected chi connectivity index (χ1v) is 7.59. The fraction of sp³-hybridized carbons (Fsp3) is 0.0588. The summed E-state index contributed by atoms with van der Waals surface area (Å²) in [5.74, 6) is -3.70. The van der Waals surface area contributed by atoms with Gasteiger partial charge in [-0.1, -0.05) is 17.7 Å². The van der Waals surface area contributed by atoms with Crippen LogP contribution in [0.15, 0.2) is 42.5 Å². The largest absolute Gasteiger partial charge is 0.340 e. The molecule has 0 unspecified atom stereocenters. The molecule has 0 atom stereocenters. The molecule has 0 aliphatic carbocycles. The second kappa shape index (κ2) is 6.98. The van der Waals surface area contributed by atoms with Crippen LogP contribution in [-0.4, -0.2) is 9.97 Å². The van der Waals surface area contributed by atoms with Crippen LogP contribution in [0.3, 0.4) is 0 Å². The third-order valence-corrected chi connectivity index (χ3v) is 3.47. The van der Waals surface area contributed by atoms with Crippen molar-refractivity contribution in [3.05, 3.63) is 70.6 Å². The van der Waals surface area contributed by atoms with Crippen LogP contribution in [0.25, 0.3) is 0 Å². The fourth-order valence-corrected chi connectivity index (χ4v) is 2.34. The summed E-state index contributed by atoms with van der Waals surface area (Å²) >= 11 is 5.93. The number of aryl methyl sites for hydroxylation is 1. The molecule has 2 aromatic carbocycles. The maximum atomic E-state index is 13.8. The normalized spacial score (nSPS) is 10.6. The molecule has 4 nitrogen and oxygen atoms in total. The molecule has 0 spiro atoms. The van der Waals surface area contributed by atoms with Gasteiger partial charge in [-0.3, -0.25) is 0 Å². The molecule has 3 rings (SSSR count). The van der Waals surface area contributed by atoms with E-state index in [9.17, 15) is 13.2 Å². The van der Waals surface area contributed by atoms with E-state index in [0.29, 0.717) is 22.2 Å². The molecule has 0 bridgehead atoms. The summed E-state index contributed by atoms with van der Waals surface area (Å²) < 4.78 is 40.1. The zero-order chi connectivity index (χ0) is 18.0. The van der Waals surface area contributed by atoms with Crippen molar-refractivity contribution in [2.45, 2.75) is 6.92 Å². The third kappa shape index (κ3) is 4.00. The van der Waals surface area contributed by atoms with Crippen LogP contribution in [-0.2, 0) is 0 Å². The molecule has 0 saturated carbocycles. The number of rotatable bonds is 4. The molecule has 0 radical (unpaired) electrons. The number of nitrogens with zero attached hydrogens (tertiary/aromatic N) is 2. The molecule has 0 amide bonds. The summed E-state index contributed by atoms with van der Waals surface area (Å²) in [6.07, 6.45) is 0. The highest BCUT2D eigenvalue weighted by Crippen LogP contribution is 2.24. The minimum Gasteiger partial charge on any atom is -0.340 e. The predicted octanol–water partition coefficient (Wildman–Crippen LogP) is 5.34. The highest BCUT2D eigenvalue weighted by Gasteiger charge is 2.14. The summed E-state index contributed by atoms with van der Waals surface area (Å²) in [4.78, 5) is 8.30. The molecule has 0 aliphatic rings. The van der Waals surface area contributed by atoms with Crippen molar-refractivity contribution in [2.75, 3.05) is 10.6 Å². The molecule has 0 fully saturated rings. The van der Waals surface area contributed by atoms with E-state index in [1.165, 1.54) is 0 Å². The number of halogens is 4. The number of hydrogen-bond acceptors (Lipinski definition) is 4. The first kappa shape index (κ1) is 17.0. The summed E-state index contributed by atoms with van der Waals surface area (Å²) in [7, 11) is 0. The second-order valence-electron chi connectivity index (χ2n) is 5.20. The minimum atomic E-state index is -1.56. The van der Waals surface area contributed by atoms with E-state index >= 15 is 0 Å². The molecule has 2 N–H and O–H groups in total. The monoisotopic (exact) mass is 364 g/mol. The molecular formula is C17H12ClF3N4. The predicted molar refractivity (Wildman–Crippen MR) is 91.1 cm³/mol. The van der Waals surface area contributed by atoms with Gasteiger partial charge in [0.1, 0.15) is 5.82 Å². The topological polar surface area (TPSA) is 49.8 Å². The number of benzene rings is 2. The smallest absolute Gasteiger partial charge is 0.229 e. The van der Waals surface area contributed by atoms with Crippen LogP contribution in [0.2, 0.25) is 5.02 Å². The zero-order valence-corrected chi connectivity index (χ0v) is 13.7. The lowest BCUT2D eigenvalue weighted by Gasteiger charge is -2.11. The molecular weight excluding hydrogens is 353 g/mol. The first-order valence-electron chi connectivity index (χ1n) is 7.21. The SMILES string of the molecule is Cc1cc(Nc2cccc(Cl)c2)nc(Nc2ccc(F)c(F)c2F)n1. The summed E-state index contributed by atoms with van der Waals surface area (Å²) in [6, 6.07) is 10.6. The van der Waals surface area contributed by atoms with E-state index in [4.69, 9.17) is 11.6 Å². The van der Waals surface area contributed by atoms with E-state index in [-0.39, 0.29) is 11.6 Å². The Balaban J connectivity index is 1.88. The van der Waals surface area contributed by atoms with Crippen LogP contribution in [0, 0.1) is 24.4 Å². The van der Waals surface area contributed by atoms with Gasteiger partial charge in [0.2, 0.25) is 5.95 Å². The quantitative estimate of drug-likeness (QED) is 0.613. The average Bonchev–Trinajstić information content (AvgIpc) is 2.55. The lowest BCUT2D eigenvalue weighted by Crippen LogP contribution is -2.05. The highest BCUT2D eigenvalue weighted by atomic mass is 35.5. The number of anilines is 4. The molecule has 3 aromatic rings. The van der Waals surface area contributed by atoms with E-state index < -0.39 is 17.5 Å². The lowest BCUT2D eigenvalue weighted by molar-refractivity contribution is 0.449. The molecule has 0 aliphatic heterocycles. The lowest BCUT2D eigenvalue weighted by atomic mass is 10.3. The Kier molecular flexibility index (Phi) is 4.76. The second-order valence-corrected chi connectivity index (χ2v) is 5.64. The Bertz CT molecular complexity index is 934. The molecule has 8 heteroatoms. The highest BCUT2D eigenvalue weighted by molar-refractivity contribution is 6.30. The Morgan fingerprint density at radius 3 is 2.48 bits per heavy atom. The van der Waals surface area contributed by atoms with Gasteiger partial charge in [-0.05, 0) is 37.3 Å². The summed E-state index contributed by atoms with van der Waals surface area (Å²) in [6.45, 7) is 1.72. The molecule has 0 saturated heterocycles. The summed E-state index contributed by atoms with van der Waals surface area (Å²) in [5, 5.41) is 6.15. The van der Waals surface area contributed by atoms with Crippen LogP contribution >= 0.6 is 11.6 Å². The van der Waals surface area contributed by atoms with E-state index in [1.807, 2.05) is 0 Å². The summed E-state index contributed by atoms with van der Waals surface area (Å²) in [5.41, 5.74) is 1.03. The first-order chi connectivity index (χ1) is 11.9. The van der Waals surface area contributed by atoms with Gasteiger partial charge >= 0.3 is 0 Å². The van der Waals surface area contributed by atoms with Gasteiger partial charge in [0.25, 0.3) is 0 Å². The number of aromatic nitrogens is 2. The maximum absolute atomic E-state index is 13.8. The molecule has 128 valence electrons. The standard InChI is InChI=1S/C17H12ClF3N4/c1-9-7-14(23-11-4-2-3-10(18)8-11)25-17(22-9)24-13-6-5-12(19)15(20)16(13)21/h2-8H,1H3,(H2,22,23,24,25). The van der Waals surface area contributed by atoms with Gasteiger partial charge in [-0.25, -0.2) is 18.2 Å². The maximum Gasteiger partial charge on any atom is 0.229 e. The van der Waals surface area contributed by atoms with Crippen molar-refractivity contribution in [1.82, 2.24) is 9.97 Å². The van der Waals surface area contributed by atoms with Gasteiger partial charge in [0, 0.05) is 22.5 Å². The van der Waals surface area contributed by atoms with Crippen molar-refractivity contribution in [3.63, 3.8) is 0 Å². The van der Waals surface area contributed by atoms with Gasteiger partial charge in [-0.2, -0.15) is 4.98 Å². The van der Waals surface area contributed by atoms with Crippen molar-refractivity contribution in [1.29, 1.82) is 0 Å². The van der Waals surface area contributed by atoms with E-state index in [0.717, 1.165) is 12.1 Å². The Morgan fingerprint density at radius 2 is 1.72 bits per heavy atom. The van der Waals surface area contributed by atoms with Gasteiger partial charge in [0.15, 0.2) is 17.5 Å². The Morgan fingerprint density at radius 1 is 0.920 bits per heavy atom.